The van der Waals surface area contributed by atoms with Gasteiger partial charge in [-0.15, -0.1) is 24.0 Å². The van der Waals surface area contributed by atoms with Crippen molar-refractivity contribution in [3.05, 3.63) is 40.9 Å². The van der Waals surface area contributed by atoms with Crippen molar-refractivity contribution < 1.29 is 4.74 Å². The van der Waals surface area contributed by atoms with E-state index in [0.717, 1.165) is 49.3 Å². The molecule has 2 heterocycles. The van der Waals surface area contributed by atoms with Gasteiger partial charge in [-0.25, -0.2) is 14.7 Å². The minimum atomic E-state index is -0.0439. The molecule has 0 spiro atoms. The molecule has 2 aromatic rings. The summed E-state index contributed by atoms with van der Waals surface area (Å²) in [4.78, 5) is 9.14. The van der Waals surface area contributed by atoms with E-state index >= 15 is 0 Å². The summed E-state index contributed by atoms with van der Waals surface area (Å²) in [6.07, 6.45) is 1.89. The van der Waals surface area contributed by atoms with Gasteiger partial charge in [0.25, 0.3) is 0 Å². The molecule has 1 aromatic carbocycles. The van der Waals surface area contributed by atoms with Crippen LogP contribution in [0.1, 0.15) is 31.9 Å². The maximum Gasteiger partial charge on any atom is 0.191 e. The smallest absolute Gasteiger partial charge is 0.191 e. The SMILES string of the molecule is CCNC(=NCC(C)Oc1ccc(Cl)cc1)NC1CCc2nc(C)nn2C1.I. The molecule has 0 aliphatic carbocycles. The lowest BCUT2D eigenvalue weighted by molar-refractivity contribution is 0.230. The number of aryl methyl sites for hydroxylation is 2. The highest BCUT2D eigenvalue weighted by Gasteiger charge is 2.21. The summed E-state index contributed by atoms with van der Waals surface area (Å²) >= 11 is 5.91. The van der Waals surface area contributed by atoms with Gasteiger partial charge < -0.3 is 15.4 Å². The van der Waals surface area contributed by atoms with E-state index in [9.17, 15) is 0 Å². The van der Waals surface area contributed by atoms with E-state index in [-0.39, 0.29) is 36.1 Å². The molecule has 0 bridgehead atoms. The van der Waals surface area contributed by atoms with Crippen LogP contribution in [0.4, 0.5) is 0 Å². The first kappa shape index (κ1) is 22.7. The molecule has 0 fully saturated rings. The summed E-state index contributed by atoms with van der Waals surface area (Å²) in [6.45, 7) is 8.16. The van der Waals surface area contributed by atoms with Gasteiger partial charge in [-0.05, 0) is 51.5 Å². The highest BCUT2D eigenvalue weighted by atomic mass is 127. The van der Waals surface area contributed by atoms with Crippen LogP contribution < -0.4 is 15.4 Å². The number of hydrogen-bond donors (Lipinski definition) is 2. The van der Waals surface area contributed by atoms with Gasteiger partial charge in [0.15, 0.2) is 5.96 Å². The third-order valence-electron chi connectivity index (χ3n) is 4.31. The van der Waals surface area contributed by atoms with Gasteiger partial charge in [-0.1, -0.05) is 11.6 Å². The number of nitrogens with zero attached hydrogens (tertiary/aromatic N) is 4. The van der Waals surface area contributed by atoms with Gasteiger partial charge in [0.05, 0.1) is 13.1 Å². The van der Waals surface area contributed by atoms with E-state index in [2.05, 4.69) is 32.6 Å². The summed E-state index contributed by atoms with van der Waals surface area (Å²) in [7, 11) is 0. The van der Waals surface area contributed by atoms with Gasteiger partial charge in [0.2, 0.25) is 0 Å². The lowest BCUT2D eigenvalue weighted by atomic mass is 10.1. The van der Waals surface area contributed by atoms with Crippen LogP contribution in [0.2, 0.25) is 5.02 Å². The molecular formula is C19H28ClIN6O. The first-order valence-electron chi connectivity index (χ1n) is 9.41. The van der Waals surface area contributed by atoms with Crippen LogP contribution in [0.3, 0.4) is 0 Å². The van der Waals surface area contributed by atoms with Crippen LogP contribution >= 0.6 is 35.6 Å². The summed E-state index contributed by atoms with van der Waals surface area (Å²) in [5, 5.41) is 12.0. The molecule has 2 unspecified atom stereocenters. The highest BCUT2D eigenvalue weighted by molar-refractivity contribution is 14.0. The van der Waals surface area contributed by atoms with Crippen molar-refractivity contribution in [3.63, 3.8) is 0 Å². The third-order valence-corrected chi connectivity index (χ3v) is 4.56. The molecule has 0 amide bonds. The normalized spacial score (nSPS) is 17.3. The zero-order chi connectivity index (χ0) is 19.2. The second-order valence-electron chi connectivity index (χ2n) is 6.74. The lowest BCUT2D eigenvalue weighted by Crippen LogP contribution is -2.47. The Kier molecular flexibility index (Phi) is 8.81. The van der Waals surface area contributed by atoms with Crippen LogP contribution in [-0.2, 0) is 13.0 Å². The molecule has 2 atom stereocenters. The molecule has 1 aromatic heterocycles. The third kappa shape index (κ3) is 6.51. The second kappa shape index (κ2) is 10.8. The molecule has 3 rings (SSSR count). The lowest BCUT2D eigenvalue weighted by Gasteiger charge is -2.25. The number of hydrogen-bond acceptors (Lipinski definition) is 4. The van der Waals surface area contributed by atoms with Gasteiger partial charge in [-0.3, -0.25) is 0 Å². The minimum absolute atomic E-state index is 0. The highest BCUT2D eigenvalue weighted by Crippen LogP contribution is 2.17. The fourth-order valence-corrected chi connectivity index (χ4v) is 3.19. The number of fused-ring (bicyclic) bond motifs is 1. The zero-order valence-electron chi connectivity index (χ0n) is 16.5. The fourth-order valence-electron chi connectivity index (χ4n) is 3.07. The molecule has 0 saturated carbocycles. The number of halogens is 2. The number of aromatic nitrogens is 3. The summed E-state index contributed by atoms with van der Waals surface area (Å²) < 4.78 is 7.89. The fraction of sp³-hybridized carbons (Fsp3) is 0.526. The van der Waals surface area contributed by atoms with Crippen LogP contribution in [-0.4, -0.2) is 46.0 Å². The summed E-state index contributed by atoms with van der Waals surface area (Å²) in [6, 6.07) is 7.66. The predicted molar refractivity (Wildman–Crippen MR) is 123 cm³/mol. The second-order valence-corrected chi connectivity index (χ2v) is 7.18. The van der Waals surface area contributed by atoms with Crippen LogP contribution in [0.15, 0.2) is 29.3 Å². The van der Waals surface area contributed by atoms with E-state index in [1.54, 1.807) is 0 Å². The first-order valence-corrected chi connectivity index (χ1v) is 9.78. The van der Waals surface area contributed by atoms with Gasteiger partial charge in [-0.2, -0.15) is 5.10 Å². The average Bonchev–Trinajstić information content (AvgIpc) is 3.01. The monoisotopic (exact) mass is 518 g/mol. The molecule has 1 aliphatic heterocycles. The zero-order valence-corrected chi connectivity index (χ0v) is 19.6. The molecule has 0 radical (unpaired) electrons. The molecule has 0 saturated heterocycles. The van der Waals surface area contributed by atoms with Crippen LogP contribution in [0.25, 0.3) is 0 Å². The standard InChI is InChI=1S/C19H27ClN6O.HI/c1-4-21-19(22-11-13(2)27-17-8-5-15(20)6-9-17)24-16-7-10-18-23-14(3)25-26(18)12-16;/h5-6,8-9,13,16H,4,7,10-12H2,1-3H3,(H2,21,22,24);1H. The number of nitrogens with one attached hydrogen (secondary N) is 2. The van der Waals surface area contributed by atoms with Crippen molar-refractivity contribution in [2.75, 3.05) is 13.1 Å². The number of benzene rings is 1. The van der Waals surface area contributed by atoms with Gasteiger partial charge in [0.1, 0.15) is 23.5 Å². The minimum Gasteiger partial charge on any atom is -0.489 e. The number of ether oxygens (including phenoxy) is 1. The topological polar surface area (TPSA) is 76.4 Å². The summed E-state index contributed by atoms with van der Waals surface area (Å²) in [5.41, 5.74) is 0. The Balaban J connectivity index is 0.00000280. The van der Waals surface area contributed by atoms with Crippen LogP contribution in [0.5, 0.6) is 5.75 Å². The summed E-state index contributed by atoms with van der Waals surface area (Å²) in [5.74, 6) is 3.49. The Hall–Kier alpha value is -1.55. The number of aliphatic imine (C=N–C) groups is 1. The first-order chi connectivity index (χ1) is 13.0. The van der Waals surface area contributed by atoms with Gasteiger partial charge in [0, 0.05) is 24.0 Å². The molecule has 1 aliphatic rings. The Labute approximate surface area is 188 Å². The molecular weight excluding hydrogens is 491 g/mol. The molecule has 7 nitrogen and oxygen atoms in total. The van der Waals surface area contributed by atoms with Crippen molar-refractivity contribution in [3.8, 4) is 5.75 Å². The Morgan fingerprint density at radius 2 is 2.14 bits per heavy atom. The predicted octanol–water partition coefficient (Wildman–Crippen LogP) is 3.20. The van der Waals surface area contributed by atoms with E-state index in [1.807, 2.05) is 42.8 Å². The van der Waals surface area contributed by atoms with E-state index in [4.69, 9.17) is 16.3 Å². The van der Waals surface area contributed by atoms with Crippen molar-refractivity contribution in [1.82, 2.24) is 25.4 Å². The van der Waals surface area contributed by atoms with Crippen molar-refractivity contribution in [2.45, 2.75) is 52.3 Å². The maximum absolute atomic E-state index is 5.91. The largest absolute Gasteiger partial charge is 0.489 e. The molecule has 9 heteroatoms. The number of rotatable bonds is 6. The maximum atomic E-state index is 5.91. The Bertz CT molecular complexity index is 779. The van der Waals surface area contributed by atoms with Crippen molar-refractivity contribution in [2.24, 2.45) is 4.99 Å². The van der Waals surface area contributed by atoms with E-state index in [1.165, 1.54) is 0 Å². The quantitative estimate of drug-likeness (QED) is 0.349. The number of guanidine groups is 1. The van der Waals surface area contributed by atoms with E-state index < -0.39 is 0 Å². The Morgan fingerprint density at radius 3 is 2.86 bits per heavy atom. The molecule has 154 valence electrons. The van der Waals surface area contributed by atoms with Crippen molar-refractivity contribution >= 4 is 41.5 Å². The molecule has 28 heavy (non-hydrogen) atoms. The van der Waals surface area contributed by atoms with Crippen molar-refractivity contribution in [1.29, 1.82) is 0 Å². The van der Waals surface area contributed by atoms with Gasteiger partial charge >= 0.3 is 0 Å². The van der Waals surface area contributed by atoms with E-state index in [0.29, 0.717) is 11.6 Å². The van der Waals surface area contributed by atoms with Crippen LogP contribution in [0, 0.1) is 6.92 Å². The average molecular weight is 519 g/mol. The Morgan fingerprint density at radius 1 is 1.39 bits per heavy atom. The molecule has 2 N–H and O–H groups in total.